The molecule has 0 aliphatic heterocycles. The second-order valence-corrected chi connectivity index (χ2v) is 2.75. The monoisotopic (exact) mass is 164 g/mol. The fourth-order valence-electron chi connectivity index (χ4n) is 0.886. The van der Waals surface area contributed by atoms with Crippen molar-refractivity contribution in [3.8, 4) is 0 Å². The summed E-state index contributed by atoms with van der Waals surface area (Å²) in [6.07, 6.45) is 5.07. The lowest BCUT2D eigenvalue weighted by molar-refractivity contribution is -0.112. The van der Waals surface area contributed by atoms with Crippen LogP contribution in [-0.4, -0.2) is 15.6 Å². The number of aromatic nitrogens is 2. The van der Waals surface area contributed by atoms with Gasteiger partial charge >= 0.3 is 0 Å². The Morgan fingerprint density at radius 2 is 2.33 bits per heavy atom. The van der Waals surface area contributed by atoms with Crippen molar-refractivity contribution >= 4 is 11.9 Å². The number of rotatable bonds is 2. The Morgan fingerprint density at radius 3 is 2.75 bits per heavy atom. The van der Waals surface area contributed by atoms with E-state index in [4.69, 9.17) is 0 Å². The van der Waals surface area contributed by atoms with Gasteiger partial charge in [0.05, 0.1) is 6.20 Å². The highest BCUT2D eigenvalue weighted by Gasteiger charge is 1.98. The number of nitrogens with zero attached hydrogens (tertiary/aromatic N) is 2. The second-order valence-electron chi connectivity index (χ2n) is 2.75. The van der Waals surface area contributed by atoms with Crippen LogP contribution in [0.25, 0.3) is 6.08 Å². The van der Waals surface area contributed by atoms with E-state index in [1.807, 2.05) is 14.0 Å². The molecule has 3 heteroatoms. The van der Waals surface area contributed by atoms with Crippen molar-refractivity contribution < 1.29 is 4.79 Å². The number of ketones is 1. The Hall–Kier alpha value is -1.38. The van der Waals surface area contributed by atoms with Crippen LogP contribution in [0.4, 0.5) is 0 Å². The lowest BCUT2D eigenvalue weighted by Gasteiger charge is -1.92. The van der Waals surface area contributed by atoms with Crippen LogP contribution in [-0.2, 0) is 11.8 Å². The zero-order chi connectivity index (χ0) is 9.14. The zero-order valence-corrected chi connectivity index (χ0v) is 7.53. The van der Waals surface area contributed by atoms with E-state index < -0.39 is 0 Å². The Morgan fingerprint density at radius 1 is 1.67 bits per heavy atom. The van der Waals surface area contributed by atoms with Gasteiger partial charge in [0, 0.05) is 18.3 Å². The van der Waals surface area contributed by atoms with Gasteiger partial charge in [-0.3, -0.25) is 9.48 Å². The minimum atomic E-state index is 0.0539. The summed E-state index contributed by atoms with van der Waals surface area (Å²) in [5, 5.41) is 4.05. The molecule has 3 nitrogen and oxygen atoms in total. The smallest absolute Gasteiger partial charge is 0.152 e. The van der Waals surface area contributed by atoms with Crippen LogP contribution in [0.15, 0.2) is 12.3 Å². The van der Waals surface area contributed by atoms with E-state index in [1.165, 1.54) is 6.92 Å². The van der Waals surface area contributed by atoms with Crippen molar-refractivity contribution in [2.24, 2.45) is 7.05 Å². The van der Waals surface area contributed by atoms with Crippen LogP contribution in [0.2, 0.25) is 0 Å². The van der Waals surface area contributed by atoms with E-state index in [-0.39, 0.29) is 5.78 Å². The quantitative estimate of drug-likeness (QED) is 0.618. The van der Waals surface area contributed by atoms with Gasteiger partial charge in [-0.25, -0.2) is 0 Å². The summed E-state index contributed by atoms with van der Waals surface area (Å²) in [7, 11) is 1.88. The SMILES string of the molecule is CC(=O)/C=C/c1cnn(C)c1C. The molecule has 0 saturated heterocycles. The lowest BCUT2D eigenvalue weighted by Crippen LogP contribution is -1.92. The molecule has 1 heterocycles. The topological polar surface area (TPSA) is 34.9 Å². The molecular weight excluding hydrogens is 152 g/mol. The maximum Gasteiger partial charge on any atom is 0.152 e. The van der Waals surface area contributed by atoms with Gasteiger partial charge in [0.2, 0.25) is 0 Å². The maximum absolute atomic E-state index is 10.6. The van der Waals surface area contributed by atoms with E-state index in [0.717, 1.165) is 11.3 Å². The van der Waals surface area contributed by atoms with Gasteiger partial charge in [-0.2, -0.15) is 5.10 Å². The van der Waals surface area contributed by atoms with E-state index in [2.05, 4.69) is 5.10 Å². The molecule has 0 amide bonds. The summed E-state index contributed by atoms with van der Waals surface area (Å²) in [6, 6.07) is 0. The summed E-state index contributed by atoms with van der Waals surface area (Å²) in [4.78, 5) is 10.6. The highest BCUT2D eigenvalue weighted by Crippen LogP contribution is 2.07. The van der Waals surface area contributed by atoms with Gasteiger partial charge in [-0.1, -0.05) is 0 Å². The summed E-state index contributed by atoms with van der Waals surface area (Å²) in [6.45, 7) is 3.50. The number of hydrogen-bond donors (Lipinski definition) is 0. The molecule has 0 radical (unpaired) electrons. The molecule has 64 valence electrons. The Labute approximate surface area is 71.7 Å². The van der Waals surface area contributed by atoms with Crippen molar-refractivity contribution in [2.75, 3.05) is 0 Å². The van der Waals surface area contributed by atoms with Gasteiger partial charge in [0.25, 0.3) is 0 Å². The molecule has 0 aliphatic carbocycles. The highest BCUT2D eigenvalue weighted by atomic mass is 16.1. The number of carbonyl (C=O) groups is 1. The molecule has 0 bridgehead atoms. The molecule has 12 heavy (non-hydrogen) atoms. The van der Waals surface area contributed by atoms with Crippen LogP contribution in [0, 0.1) is 6.92 Å². The third-order valence-corrected chi connectivity index (χ3v) is 1.77. The maximum atomic E-state index is 10.6. The predicted octanol–water partition coefficient (Wildman–Crippen LogP) is 1.33. The average molecular weight is 164 g/mol. The van der Waals surface area contributed by atoms with Crippen molar-refractivity contribution in [2.45, 2.75) is 13.8 Å². The molecular formula is C9H12N2O. The van der Waals surface area contributed by atoms with Crippen LogP contribution in [0.3, 0.4) is 0 Å². The van der Waals surface area contributed by atoms with E-state index in [0.29, 0.717) is 0 Å². The van der Waals surface area contributed by atoms with Crippen LogP contribution < -0.4 is 0 Å². The molecule has 0 spiro atoms. The average Bonchev–Trinajstić information content (AvgIpc) is 2.30. The van der Waals surface area contributed by atoms with Gasteiger partial charge in [0.1, 0.15) is 0 Å². The Balaban J connectivity index is 2.90. The first-order chi connectivity index (χ1) is 5.61. The first-order valence-corrected chi connectivity index (χ1v) is 3.78. The number of aryl methyl sites for hydroxylation is 1. The largest absolute Gasteiger partial charge is 0.295 e. The Bertz CT molecular complexity index is 323. The van der Waals surface area contributed by atoms with E-state index >= 15 is 0 Å². The van der Waals surface area contributed by atoms with Crippen molar-refractivity contribution in [3.05, 3.63) is 23.5 Å². The fourth-order valence-corrected chi connectivity index (χ4v) is 0.886. The fraction of sp³-hybridized carbons (Fsp3) is 0.333. The summed E-state index contributed by atoms with van der Waals surface area (Å²) in [5.74, 6) is 0.0539. The first-order valence-electron chi connectivity index (χ1n) is 3.78. The van der Waals surface area contributed by atoms with Gasteiger partial charge < -0.3 is 0 Å². The van der Waals surface area contributed by atoms with E-state index in [9.17, 15) is 4.79 Å². The third kappa shape index (κ3) is 1.81. The molecule has 0 aromatic carbocycles. The molecule has 0 unspecified atom stereocenters. The first kappa shape index (κ1) is 8.71. The van der Waals surface area contributed by atoms with Crippen molar-refractivity contribution in [1.82, 2.24) is 9.78 Å². The van der Waals surface area contributed by atoms with Crippen molar-refractivity contribution in [3.63, 3.8) is 0 Å². The molecule has 1 aromatic heterocycles. The summed E-state index contributed by atoms with van der Waals surface area (Å²) in [5.41, 5.74) is 2.06. The molecule has 1 aromatic rings. The zero-order valence-electron chi connectivity index (χ0n) is 7.53. The predicted molar refractivity (Wildman–Crippen MR) is 47.7 cm³/mol. The van der Waals surface area contributed by atoms with Gasteiger partial charge in [-0.05, 0) is 26.0 Å². The Kier molecular flexibility index (Phi) is 2.43. The van der Waals surface area contributed by atoms with Crippen LogP contribution in [0.5, 0.6) is 0 Å². The molecule has 0 atom stereocenters. The third-order valence-electron chi connectivity index (χ3n) is 1.77. The number of allylic oxidation sites excluding steroid dienone is 1. The minimum Gasteiger partial charge on any atom is -0.295 e. The number of carbonyl (C=O) groups excluding carboxylic acids is 1. The molecule has 0 aliphatic rings. The molecule has 0 N–H and O–H groups in total. The molecule has 0 saturated carbocycles. The summed E-state index contributed by atoms with van der Waals surface area (Å²) < 4.78 is 1.78. The minimum absolute atomic E-state index is 0.0539. The van der Waals surface area contributed by atoms with Crippen LogP contribution in [0.1, 0.15) is 18.2 Å². The normalized spacial score (nSPS) is 10.9. The molecule has 1 rings (SSSR count). The standard InChI is InChI=1S/C9H12N2O/c1-7(12)4-5-9-6-10-11(3)8(9)2/h4-6H,1-3H3/b5-4+. The molecule has 0 fully saturated rings. The second kappa shape index (κ2) is 3.34. The number of hydrogen-bond acceptors (Lipinski definition) is 2. The lowest BCUT2D eigenvalue weighted by atomic mass is 10.2. The van der Waals surface area contributed by atoms with Crippen molar-refractivity contribution in [1.29, 1.82) is 0 Å². The van der Waals surface area contributed by atoms with Gasteiger partial charge in [0.15, 0.2) is 5.78 Å². The van der Waals surface area contributed by atoms with E-state index in [1.54, 1.807) is 23.0 Å². The van der Waals surface area contributed by atoms with Gasteiger partial charge in [-0.15, -0.1) is 0 Å². The highest BCUT2D eigenvalue weighted by molar-refractivity contribution is 5.91. The summed E-state index contributed by atoms with van der Waals surface area (Å²) >= 11 is 0. The van der Waals surface area contributed by atoms with Crippen LogP contribution >= 0.6 is 0 Å².